The van der Waals surface area contributed by atoms with Crippen molar-refractivity contribution in [2.24, 2.45) is 11.8 Å². The largest absolute Gasteiger partial charge is 0.497 e. The Morgan fingerprint density at radius 2 is 1.71 bits per heavy atom. The highest BCUT2D eigenvalue weighted by molar-refractivity contribution is 9.10. The van der Waals surface area contributed by atoms with Crippen LogP contribution in [0, 0.1) is 11.8 Å². The first kappa shape index (κ1) is 36.5. The molecule has 1 unspecified atom stereocenters. The highest BCUT2D eigenvalue weighted by Crippen LogP contribution is 2.44. The topological polar surface area (TPSA) is 125 Å². The van der Waals surface area contributed by atoms with Gasteiger partial charge in [0, 0.05) is 53.1 Å². The smallest absolute Gasteiger partial charge is 0.310 e. The van der Waals surface area contributed by atoms with E-state index in [0.717, 1.165) is 34.0 Å². The van der Waals surface area contributed by atoms with E-state index < -0.39 is 23.8 Å². The predicted molar refractivity (Wildman–Crippen MR) is 206 cm³/mol. The third-order valence-electron chi connectivity index (χ3n) is 11.1. The van der Waals surface area contributed by atoms with Gasteiger partial charge in [-0.1, -0.05) is 53.0 Å². The summed E-state index contributed by atoms with van der Waals surface area (Å²) in [6.45, 7) is 1.27. The molecule has 0 spiro atoms. The van der Waals surface area contributed by atoms with Crippen LogP contribution in [0.1, 0.15) is 70.2 Å². The third kappa shape index (κ3) is 7.13. The van der Waals surface area contributed by atoms with Gasteiger partial charge in [-0.05, 0) is 72.9 Å². The zero-order valence-corrected chi connectivity index (χ0v) is 32.4. The van der Waals surface area contributed by atoms with Crippen molar-refractivity contribution in [3.8, 4) is 17.2 Å². The SMILES string of the molecule is COc1ccc(COC(=O)[C@H]2CCCC[C@H]2C(=O)N2CCc3c(Br)ccc(OCc4nnc5ccccn45)c3C2CN2Cc3ccccc3C2=O)c(OC)c1. The average Bonchev–Trinajstić information content (AvgIpc) is 3.79. The number of rotatable bonds is 11. The number of hydrogen-bond acceptors (Lipinski definition) is 9. The molecule has 2 amide bonds. The monoisotopic (exact) mass is 807 g/mol. The van der Waals surface area contributed by atoms with Gasteiger partial charge in [-0.2, -0.15) is 0 Å². The van der Waals surface area contributed by atoms with Gasteiger partial charge in [0.05, 0.1) is 32.1 Å². The molecule has 284 valence electrons. The maximum absolute atomic E-state index is 15.0. The van der Waals surface area contributed by atoms with Crippen molar-refractivity contribution in [1.29, 1.82) is 0 Å². The Bertz CT molecular complexity index is 2260. The van der Waals surface area contributed by atoms with Crippen LogP contribution >= 0.6 is 15.9 Å². The fraction of sp³-hybridized carbons (Fsp3) is 0.357. The number of benzene rings is 3. The van der Waals surface area contributed by atoms with Gasteiger partial charge in [0.25, 0.3) is 5.91 Å². The van der Waals surface area contributed by atoms with Gasteiger partial charge in [-0.15, -0.1) is 10.2 Å². The summed E-state index contributed by atoms with van der Waals surface area (Å²) in [6, 6.07) is 22.0. The number of esters is 1. The van der Waals surface area contributed by atoms with Gasteiger partial charge in [0.15, 0.2) is 11.5 Å². The van der Waals surface area contributed by atoms with Gasteiger partial charge in [0.2, 0.25) is 5.91 Å². The van der Waals surface area contributed by atoms with Crippen LogP contribution in [0.15, 0.2) is 83.5 Å². The molecular weight excluding hydrogens is 766 g/mol. The Hall–Kier alpha value is -5.43. The second-order valence-electron chi connectivity index (χ2n) is 14.2. The van der Waals surface area contributed by atoms with Gasteiger partial charge >= 0.3 is 5.97 Å². The molecular formula is C42H42BrN5O7. The Balaban J connectivity index is 1.10. The summed E-state index contributed by atoms with van der Waals surface area (Å²) in [5, 5.41) is 8.64. The first-order chi connectivity index (χ1) is 26.8. The number of ether oxygens (including phenoxy) is 4. The predicted octanol–water partition coefficient (Wildman–Crippen LogP) is 6.72. The van der Waals surface area contributed by atoms with E-state index in [2.05, 4.69) is 26.1 Å². The lowest BCUT2D eigenvalue weighted by Gasteiger charge is -2.43. The number of halogens is 1. The van der Waals surface area contributed by atoms with Crippen LogP contribution in [0.4, 0.5) is 0 Å². The quantitative estimate of drug-likeness (QED) is 0.134. The van der Waals surface area contributed by atoms with E-state index in [4.69, 9.17) is 18.9 Å². The van der Waals surface area contributed by atoms with E-state index in [1.807, 2.05) is 81.1 Å². The number of nitrogens with zero attached hydrogens (tertiary/aromatic N) is 5. The number of pyridine rings is 1. The summed E-state index contributed by atoms with van der Waals surface area (Å²) >= 11 is 3.79. The number of hydrogen-bond donors (Lipinski definition) is 0. The summed E-state index contributed by atoms with van der Waals surface area (Å²) in [7, 11) is 3.14. The number of carbonyl (C=O) groups excluding carboxylic acids is 3. The van der Waals surface area contributed by atoms with Gasteiger partial charge in [-0.25, -0.2) is 0 Å². The van der Waals surface area contributed by atoms with E-state index in [0.29, 0.717) is 72.2 Å². The normalized spacial score (nSPS) is 19.2. The van der Waals surface area contributed by atoms with Crippen molar-refractivity contribution >= 4 is 39.4 Å². The Morgan fingerprint density at radius 3 is 2.53 bits per heavy atom. The number of methoxy groups -OCH3 is 2. The molecule has 3 aromatic carbocycles. The molecule has 2 aromatic heterocycles. The number of fused-ring (bicyclic) bond motifs is 3. The van der Waals surface area contributed by atoms with E-state index in [9.17, 15) is 9.59 Å². The Kier molecular flexibility index (Phi) is 10.5. The fourth-order valence-corrected chi connectivity index (χ4v) is 8.85. The van der Waals surface area contributed by atoms with Crippen LogP contribution < -0.4 is 14.2 Å². The van der Waals surface area contributed by atoms with Crippen molar-refractivity contribution in [3.05, 3.63) is 117 Å². The third-order valence-corrected chi connectivity index (χ3v) is 11.9. The molecule has 12 nitrogen and oxygen atoms in total. The van der Waals surface area contributed by atoms with Crippen molar-refractivity contribution in [2.45, 2.75) is 57.9 Å². The molecule has 5 aromatic rings. The van der Waals surface area contributed by atoms with Crippen LogP contribution in [0.3, 0.4) is 0 Å². The van der Waals surface area contributed by atoms with Crippen LogP contribution in [0.2, 0.25) is 0 Å². The Morgan fingerprint density at radius 1 is 0.891 bits per heavy atom. The molecule has 1 fully saturated rings. The molecule has 0 N–H and O–H groups in total. The van der Waals surface area contributed by atoms with E-state index in [-0.39, 0.29) is 31.6 Å². The number of amides is 2. The maximum atomic E-state index is 15.0. The second-order valence-corrected chi connectivity index (χ2v) is 15.0. The second kappa shape index (κ2) is 15.7. The van der Waals surface area contributed by atoms with Crippen LogP contribution in [-0.4, -0.2) is 69.5 Å². The van der Waals surface area contributed by atoms with Crippen LogP contribution in [0.25, 0.3) is 5.65 Å². The van der Waals surface area contributed by atoms with Crippen LogP contribution in [0.5, 0.6) is 17.2 Å². The molecule has 8 rings (SSSR count). The highest BCUT2D eigenvalue weighted by Gasteiger charge is 2.44. The first-order valence-electron chi connectivity index (χ1n) is 18.6. The summed E-state index contributed by atoms with van der Waals surface area (Å²) in [5.74, 6) is 0.654. The van der Waals surface area contributed by atoms with Gasteiger partial charge in [0.1, 0.15) is 30.5 Å². The molecule has 2 aliphatic heterocycles. The van der Waals surface area contributed by atoms with E-state index in [1.54, 1.807) is 26.4 Å². The lowest BCUT2D eigenvalue weighted by atomic mass is 9.77. The van der Waals surface area contributed by atoms with E-state index in [1.165, 1.54) is 0 Å². The fourth-order valence-electron chi connectivity index (χ4n) is 8.31. The zero-order valence-electron chi connectivity index (χ0n) is 30.8. The maximum Gasteiger partial charge on any atom is 0.310 e. The molecule has 0 bridgehead atoms. The van der Waals surface area contributed by atoms with Gasteiger partial charge < -0.3 is 28.7 Å². The lowest BCUT2D eigenvalue weighted by molar-refractivity contribution is -0.159. The standard InChI is InChI=1S/C42H42BrN5O7/c1-52-28-15-14-27(36(21-28)53-2)24-55-42(51)31-12-6-5-11-30(31)41(50)47-20-18-32-33(43)16-17-35(54-25-38-45-44-37-13-7-8-19-48(37)38)39(32)34(47)23-46-22-26-9-3-4-10-29(26)40(46)49/h3-4,7-10,13-17,19,21,30-31,34H,5-6,11-12,18,20,22-25H2,1-2H3/t30-,31+,34?/m1/s1. The molecule has 55 heavy (non-hydrogen) atoms. The number of carbonyl (C=O) groups is 3. The minimum atomic E-state index is -0.607. The van der Waals surface area contributed by atoms with Crippen molar-refractivity contribution in [3.63, 3.8) is 0 Å². The minimum Gasteiger partial charge on any atom is -0.497 e. The molecule has 13 heteroatoms. The molecule has 0 radical (unpaired) electrons. The van der Waals surface area contributed by atoms with Crippen LogP contribution in [-0.2, 0) is 40.5 Å². The van der Waals surface area contributed by atoms with Gasteiger partial charge in [-0.3, -0.25) is 18.8 Å². The summed E-state index contributed by atoms with van der Waals surface area (Å²) in [6.07, 6.45) is 5.23. The summed E-state index contributed by atoms with van der Waals surface area (Å²) in [5.41, 5.74) is 4.91. The molecule has 3 atom stereocenters. The molecule has 3 aliphatic rings. The average molecular weight is 809 g/mol. The molecule has 1 aliphatic carbocycles. The minimum absolute atomic E-state index is 0.0107. The highest BCUT2D eigenvalue weighted by atomic mass is 79.9. The summed E-state index contributed by atoms with van der Waals surface area (Å²) < 4.78 is 26.1. The van der Waals surface area contributed by atoms with Crippen molar-refractivity contribution in [2.75, 3.05) is 27.3 Å². The summed E-state index contributed by atoms with van der Waals surface area (Å²) in [4.78, 5) is 46.4. The molecule has 4 heterocycles. The Labute approximate surface area is 327 Å². The molecule has 0 saturated heterocycles. The first-order valence-corrected chi connectivity index (χ1v) is 19.4. The van der Waals surface area contributed by atoms with E-state index >= 15 is 4.79 Å². The zero-order chi connectivity index (χ0) is 38.1. The van der Waals surface area contributed by atoms with Crippen molar-refractivity contribution in [1.82, 2.24) is 24.4 Å². The number of aromatic nitrogens is 3. The van der Waals surface area contributed by atoms with Crippen molar-refractivity contribution < 1.29 is 33.3 Å². The lowest BCUT2D eigenvalue weighted by Crippen LogP contribution is -2.50. The molecule has 1 saturated carbocycles.